The van der Waals surface area contributed by atoms with E-state index in [4.69, 9.17) is 17.3 Å². The van der Waals surface area contributed by atoms with Gasteiger partial charge in [-0.3, -0.25) is 0 Å². The molecule has 3 nitrogen and oxygen atoms in total. The van der Waals surface area contributed by atoms with Gasteiger partial charge in [0.1, 0.15) is 9.84 Å². The predicted octanol–water partition coefficient (Wildman–Crippen LogP) is 2.45. The van der Waals surface area contributed by atoms with Gasteiger partial charge < -0.3 is 5.73 Å². The van der Waals surface area contributed by atoms with Crippen molar-refractivity contribution in [2.45, 2.75) is 11.3 Å². The molecule has 0 aromatic heterocycles. The molecule has 0 aliphatic carbocycles. The van der Waals surface area contributed by atoms with Crippen LogP contribution in [0.3, 0.4) is 0 Å². The van der Waals surface area contributed by atoms with Crippen LogP contribution in [0.5, 0.6) is 0 Å². The number of thioether (sulfide) groups is 1. The molecule has 0 unspecified atom stereocenters. The largest absolute Gasteiger partial charge is 0.398 e. The molecule has 0 heterocycles. The zero-order chi connectivity index (χ0) is 12.2. The van der Waals surface area contributed by atoms with E-state index in [9.17, 15) is 8.42 Å². The Morgan fingerprint density at radius 3 is 2.69 bits per heavy atom. The highest BCUT2D eigenvalue weighted by molar-refractivity contribution is 7.99. The minimum absolute atomic E-state index is 0.216. The van der Waals surface area contributed by atoms with Crippen LogP contribution in [-0.4, -0.2) is 26.2 Å². The molecule has 2 N–H and O–H groups in total. The number of nitrogen functional groups attached to an aromatic ring is 1. The zero-order valence-electron chi connectivity index (χ0n) is 8.94. The van der Waals surface area contributed by atoms with E-state index in [1.165, 1.54) is 6.26 Å². The summed E-state index contributed by atoms with van der Waals surface area (Å²) in [6.45, 7) is 0. The molecule has 16 heavy (non-hydrogen) atoms. The van der Waals surface area contributed by atoms with Crippen molar-refractivity contribution in [3.05, 3.63) is 23.2 Å². The topological polar surface area (TPSA) is 60.2 Å². The van der Waals surface area contributed by atoms with Crippen LogP contribution in [0.4, 0.5) is 5.69 Å². The van der Waals surface area contributed by atoms with Crippen LogP contribution in [0.15, 0.2) is 23.1 Å². The van der Waals surface area contributed by atoms with Crippen molar-refractivity contribution in [3.63, 3.8) is 0 Å². The van der Waals surface area contributed by atoms with Crippen LogP contribution in [0.25, 0.3) is 0 Å². The minimum Gasteiger partial charge on any atom is -0.398 e. The second kappa shape index (κ2) is 5.80. The molecule has 0 radical (unpaired) electrons. The fourth-order valence-corrected chi connectivity index (χ4v) is 3.08. The van der Waals surface area contributed by atoms with Gasteiger partial charge in [0.2, 0.25) is 0 Å². The van der Waals surface area contributed by atoms with E-state index >= 15 is 0 Å². The van der Waals surface area contributed by atoms with Crippen LogP contribution in [0, 0.1) is 0 Å². The lowest BCUT2D eigenvalue weighted by atomic mass is 10.3. The third-order valence-electron chi connectivity index (χ3n) is 1.89. The van der Waals surface area contributed by atoms with Crippen molar-refractivity contribution in [3.8, 4) is 0 Å². The van der Waals surface area contributed by atoms with Crippen molar-refractivity contribution >= 4 is 38.9 Å². The number of nitrogens with two attached hydrogens (primary N) is 1. The Balaban J connectivity index is 2.43. The van der Waals surface area contributed by atoms with Crippen LogP contribution in [0.1, 0.15) is 6.42 Å². The first-order valence-electron chi connectivity index (χ1n) is 4.74. The van der Waals surface area contributed by atoms with Gasteiger partial charge in [-0.1, -0.05) is 11.6 Å². The number of rotatable bonds is 5. The Morgan fingerprint density at radius 1 is 1.44 bits per heavy atom. The molecular formula is C10H14ClNO2S2. The van der Waals surface area contributed by atoms with E-state index in [2.05, 4.69) is 0 Å². The molecule has 0 fully saturated rings. The number of hydrogen-bond donors (Lipinski definition) is 1. The van der Waals surface area contributed by atoms with E-state index in [0.717, 1.165) is 10.6 Å². The second-order valence-corrected chi connectivity index (χ2v) is 7.35. The summed E-state index contributed by atoms with van der Waals surface area (Å²) in [5.74, 6) is 0.951. The summed E-state index contributed by atoms with van der Waals surface area (Å²) in [4.78, 5) is 0.943. The summed E-state index contributed by atoms with van der Waals surface area (Å²) in [5.41, 5.74) is 6.40. The van der Waals surface area contributed by atoms with Crippen molar-refractivity contribution in [1.82, 2.24) is 0 Å². The van der Waals surface area contributed by atoms with Gasteiger partial charge in [-0.25, -0.2) is 8.42 Å². The lowest BCUT2D eigenvalue weighted by molar-refractivity contribution is 0.600. The number of halogens is 1. The average Bonchev–Trinajstić information content (AvgIpc) is 2.13. The summed E-state index contributed by atoms with van der Waals surface area (Å²) < 4.78 is 21.8. The van der Waals surface area contributed by atoms with E-state index < -0.39 is 9.84 Å². The van der Waals surface area contributed by atoms with Crippen molar-refractivity contribution in [2.24, 2.45) is 0 Å². The van der Waals surface area contributed by atoms with Gasteiger partial charge in [-0.05, 0) is 30.4 Å². The van der Waals surface area contributed by atoms with E-state index in [-0.39, 0.29) is 5.75 Å². The monoisotopic (exact) mass is 279 g/mol. The standard InChI is InChI=1S/C10H14ClNO2S2/c1-16(13,14)6-2-5-15-10-4-3-8(11)7-9(10)12/h3-4,7H,2,5-6,12H2,1H3. The Hall–Kier alpha value is -0.390. The van der Waals surface area contributed by atoms with Crippen LogP contribution >= 0.6 is 23.4 Å². The second-order valence-electron chi connectivity index (χ2n) is 3.51. The number of benzene rings is 1. The van der Waals surface area contributed by atoms with Crippen LogP contribution < -0.4 is 5.73 Å². The predicted molar refractivity (Wildman–Crippen MR) is 70.9 cm³/mol. The molecule has 0 spiro atoms. The summed E-state index contributed by atoms with van der Waals surface area (Å²) in [6, 6.07) is 5.32. The van der Waals surface area contributed by atoms with Crippen molar-refractivity contribution < 1.29 is 8.42 Å². The Bertz CT molecular complexity index is 460. The molecule has 0 bridgehead atoms. The Kier molecular flexibility index (Phi) is 4.95. The van der Waals surface area contributed by atoms with Crippen molar-refractivity contribution in [1.29, 1.82) is 0 Å². The first kappa shape index (κ1) is 13.7. The molecule has 1 rings (SSSR count). The first-order valence-corrected chi connectivity index (χ1v) is 8.16. The molecular weight excluding hydrogens is 266 g/mol. The Labute approximate surface area is 105 Å². The zero-order valence-corrected chi connectivity index (χ0v) is 11.3. The molecule has 0 amide bonds. The summed E-state index contributed by atoms with van der Waals surface area (Å²) >= 11 is 7.32. The van der Waals surface area contributed by atoms with E-state index in [1.807, 2.05) is 6.07 Å². The van der Waals surface area contributed by atoms with Gasteiger partial charge in [0, 0.05) is 21.9 Å². The van der Waals surface area contributed by atoms with Gasteiger partial charge in [0.25, 0.3) is 0 Å². The molecule has 6 heteroatoms. The van der Waals surface area contributed by atoms with E-state index in [0.29, 0.717) is 17.1 Å². The molecule has 0 aliphatic rings. The minimum atomic E-state index is -2.86. The summed E-state index contributed by atoms with van der Waals surface area (Å²) in [7, 11) is -2.86. The fraction of sp³-hybridized carbons (Fsp3) is 0.400. The number of sulfone groups is 1. The molecule has 0 saturated heterocycles. The molecule has 1 aromatic carbocycles. The normalized spacial score (nSPS) is 11.6. The maximum atomic E-state index is 10.9. The van der Waals surface area contributed by atoms with Gasteiger partial charge in [0.05, 0.1) is 5.75 Å². The average molecular weight is 280 g/mol. The van der Waals surface area contributed by atoms with Crippen LogP contribution in [0.2, 0.25) is 5.02 Å². The summed E-state index contributed by atoms with van der Waals surface area (Å²) in [5, 5.41) is 0.609. The lowest BCUT2D eigenvalue weighted by Crippen LogP contribution is -2.03. The molecule has 1 aromatic rings. The lowest BCUT2D eigenvalue weighted by Gasteiger charge is -2.05. The van der Waals surface area contributed by atoms with Gasteiger partial charge in [-0.15, -0.1) is 11.8 Å². The van der Waals surface area contributed by atoms with Crippen molar-refractivity contribution in [2.75, 3.05) is 23.5 Å². The molecule has 0 saturated carbocycles. The maximum Gasteiger partial charge on any atom is 0.147 e. The molecule has 90 valence electrons. The Morgan fingerprint density at radius 2 is 2.12 bits per heavy atom. The third kappa shape index (κ3) is 5.09. The smallest absolute Gasteiger partial charge is 0.147 e. The SMILES string of the molecule is CS(=O)(=O)CCCSc1ccc(Cl)cc1N. The third-order valence-corrected chi connectivity index (χ3v) is 4.33. The number of hydrogen-bond acceptors (Lipinski definition) is 4. The maximum absolute atomic E-state index is 10.9. The highest BCUT2D eigenvalue weighted by atomic mass is 35.5. The van der Waals surface area contributed by atoms with Gasteiger partial charge in [-0.2, -0.15) is 0 Å². The van der Waals surface area contributed by atoms with Crippen LogP contribution in [-0.2, 0) is 9.84 Å². The van der Waals surface area contributed by atoms with Gasteiger partial charge >= 0.3 is 0 Å². The van der Waals surface area contributed by atoms with E-state index in [1.54, 1.807) is 23.9 Å². The fourth-order valence-electron chi connectivity index (χ4n) is 1.15. The van der Waals surface area contributed by atoms with Gasteiger partial charge in [0.15, 0.2) is 0 Å². The highest BCUT2D eigenvalue weighted by Crippen LogP contribution is 2.27. The summed E-state index contributed by atoms with van der Waals surface area (Å²) in [6.07, 6.45) is 1.87. The number of anilines is 1. The highest BCUT2D eigenvalue weighted by Gasteiger charge is 2.04. The molecule has 0 aliphatic heterocycles. The first-order chi connectivity index (χ1) is 7.38. The quantitative estimate of drug-likeness (QED) is 0.511. The molecule has 0 atom stereocenters.